The van der Waals surface area contributed by atoms with Crippen molar-refractivity contribution in [2.45, 2.75) is 26.3 Å². The normalized spacial score (nSPS) is 16.5. The minimum Gasteiger partial charge on any atom is -0.300 e. The molecule has 1 aliphatic heterocycles. The monoisotopic (exact) mass is 256 g/mol. The molecule has 0 radical (unpaired) electrons. The van der Waals surface area contributed by atoms with Crippen LogP contribution in [0.5, 0.6) is 0 Å². The molecule has 19 heavy (non-hydrogen) atoms. The van der Waals surface area contributed by atoms with Crippen LogP contribution in [0, 0.1) is 13.8 Å². The summed E-state index contributed by atoms with van der Waals surface area (Å²) in [5.74, 6) is 0.613. The third-order valence-corrected chi connectivity index (χ3v) is 3.79. The molecule has 0 spiro atoms. The van der Waals surface area contributed by atoms with Crippen molar-refractivity contribution in [3.8, 4) is 0 Å². The van der Waals surface area contributed by atoms with Gasteiger partial charge in [-0.2, -0.15) is 5.10 Å². The molecule has 1 fully saturated rings. The van der Waals surface area contributed by atoms with Gasteiger partial charge < -0.3 is 4.90 Å². The first-order valence-electron chi connectivity index (χ1n) is 6.87. The van der Waals surface area contributed by atoms with Gasteiger partial charge in [0.25, 0.3) is 0 Å². The van der Waals surface area contributed by atoms with Gasteiger partial charge in [-0.3, -0.25) is 9.67 Å². The number of rotatable bonds is 4. The summed E-state index contributed by atoms with van der Waals surface area (Å²) in [5.41, 5.74) is 3.58. The van der Waals surface area contributed by atoms with Crippen LogP contribution in [0.3, 0.4) is 0 Å². The minimum atomic E-state index is 0.613. The van der Waals surface area contributed by atoms with E-state index in [0.717, 1.165) is 31.9 Å². The molecule has 2 aromatic heterocycles. The standard InChI is InChI=1S/C15H20N4/c1-12-9-13(2)19(17-12)8-7-18-10-14(11-18)15-5-3-4-6-16-15/h3-6,9,14H,7-8,10-11H2,1-2H3. The number of hydrogen-bond donors (Lipinski definition) is 0. The van der Waals surface area contributed by atoms with E-state index in [-0.39, 0.29) is 0 Å². The van der Waals surface area contributed by atoms with Crippen LogP contribution >= 0.6 is 0 Å². The Kier molecular flexibility index (Phi) is 3.34. The van der Waals surface area contributed by atoms with Crippen LogP contribution in [0.1, 0.15) is 23.0 Å². The minimum absolute atomic E-state index is 0.613. The maximum Gasteiger partial charge on any atom is 0.0596 e. The highest BCUT2D eigenvalue weighted by Crippen LogP contribution is 2.24. The van der Waals surface area contributed by atoms with Crippen molar-refractivity contribution in [3.63, 3.8) is 0 Å². The Balaban J connectivity index is 1.48. The Morgan fingerprint density at radius 1 is 1.21 bits per heavy atom. The maximum absolute atomic E-state index is 4.50. The fourth-order valence-corrected chi connectivity index (χ4v) is 2.69. The van der Waals surface area contributed by atoms with Gasteiger partial charge in [0, 0.05) is 43.1 Å². The summed E-state index contributed by atoms with van der Waals surface area (Å²) in [6.07, 6.45) is 1.88. The number of nitrogens with zero attached hydrogens (tertiary/aromatic N) is 4. The Morgan fingerprint density at radius 2 is 2.05 bits per heavy atom. The molecule has 100 valence electrons. The zero-order valence-electron chi connectivity index (χ0n) is 11.6. The molecule has 0 aliphatic carbocycles. The zero-order valence-corrected chi connectivity index (χ0v) is 11.6. The van der Waals surface area contributed by atoms with Crippen molar-refractivity contribution in [2.24, 2.45) is 0 Å². The average molecular weight is 256 g/mol. The summed E-state index contributed by atoms with van der Waals surface area (Å²) in [7, 11) is 0. The maximum atomic E-state index is 4.50. The molecule has 3 rings (SSSR count). The Hall–Kier alpha value is -1.68. The molecule has 0 unspecified atom stereocenters. The zero-order chi connectivity index (χ0) is 13.2. The van der Waals surface area contributed by atoms with E-state index in [9.17, 15) is 0 Å². The third-order valence-electron chi connectivity index (χ3n) is 3.79. The van der Waals surface area contributed by atoms with E-state index in [1.54, 1.807) is 0 Å². The lowest BCUT2D eigenvalue weighted by atomic mass is 9.96. The third kappa shape index (κ3) is 2.68. The van der Waals surface area contributed by atoms with Crippen molar-refractivity contribution in [1.29, 1.82) is 0 Å². The van der Waals surface area contributed by atoms with Crippen molar-refractivity contribution in [3.05, 3.63) is 47.5 Å². The van der Waals surface area contributed by atoms with Crippen LogP contribution < -0.4 is 0 Å². The molecule has 1 saturated heterocycles. The van der Waals surface area contributed by atoms with Crippen LogP contribution in [-0.2, 0) is 6.54 Å². The lowest BCUT2D eigenvalue weighted by Gasteiger charge is -2.38. The van der Waals surface area contributed by atoms with E-state index in [1.807, 2.05) is 19.2 Å². The van der Waals surface area contributed by atoms with Crippen LogP contribution in [0.2, 0.25) is 0 Å². The molecule has 0 N–H and O–H groups in total. The van der Waals surface area contributed by atoms with Gasteiger partial charge >= 0.3 is 0 Å². The number of hydrogen-bond acceptors (Lipinski definition) is 3. The molecular weight excluding hydrogens is 236 g/mol. The second-order valence-corrected chi connectivity index (χ2v) is 5.36. The van der Waals surface area contributed by atoms with Crippen molar-refractivity contribution in [1.82, 2.24) is 19.7 Å². The summed E-state index contributed by atoms with van der Waals surface area (Å²) in [4.78, 5) is 6.89. The summed E-state index contributed by atoms with van der Waals surface area (Å²) in [5, 5.41) is 4.50. The van der Waals surface area contributed by atoms with Crippen LogP contribution in [0.4, 0.5) is 0 Å². The smallest absolute Gasteiger partial charge is 0.0596 e. The first kappa shape index (κ1) is 12.4. The molecule has 0 bridgehead atoms. The Bertz CT molecular complexity index is 541. The highest BCUT2D eigenvalue weighted by molar-refractivity contribution is 5.14. The first-order chi connectivity index (χ1) is 9.22. The predicted molar refractivity (Wildman–Crippen MR) is 75.1 cm³/mol. The number of pyridine rings is 1. The highest BCUT2D eigenvalue weighted by Gasteiger charge is 2.28. The van der Waals surface area contributed by atoms with E-state index >= 15 is 0 Å². The fraction of sp³-hybridized carbons (Fsp3) is 0.467. The molecule has 0 atom stereocenters. The SMILES string of the molecule is Cc1cc(C)n(CCN2CC(c3ccccn3)C2)n1. The van der Waals surface area contributed by atoms with Gasteiger partial charge in [0.1, 0.15) is 0 Å². The predicted octanol–water partition coefficient (Wildman–Crippen LogP) is 1.99. The van der Waals surface area contributed by atoms with E-state index in [2.05, 4.69) is 44.8 Å². The van der Waals surface area contributed by atoms with Gasteiger partial charge in [-0.15, -0.1) is 0 Å². The Labute approximate surface area is 114 Å². The van der Waals surface area contributed by atoms with Gasteiger partial charge in [-0.25, -0.2) is 0 Å². The first-order valence-corrected chi connectivity index (χ1v) is 6.87. The van der Waals surface area contributed by atoms with Crippen molar-refractivity contribution >= 4 is 0 Å². The van der Waals surface area contributed by atoms with Crippen molar-refractivity contribution < 1.29 is 0 Å². The number of aryl methyl sites for hydroxylation is 2. The lowest BCUT2D eigenvalue weighted by molar-refractivity contribution is 0.138. The molecule has 1 aliphatic rings. The number of aromatic nitrogens is 3. The molecule has 0 saturated carbocycles. The molecule has 4 nitrogen and oxygen atoms in total. The van der Waals surface area contributed by atoms with Gasteiger partial charge in [-0.1, -0.05) is 6.07 Å². The van der Waals surface area contributed by atoms with Gasteiger partial charge in [0.15, 0.2) is 0 Å². The quantitative estimate of drug-likeness (QED) is 0.839. The van der Waals surface area contributed by atoms with Crippen LogP contribution in [0.25, 0.3) is 0 Å². The Morgan fingerprint density at radius 3 is 2.68 bits per heavy atom. The molecule has 3 heterocycles. The lowest BCUT2D eigenvalue weighted by Crippen LogP contribution is -2.46. The van der Waals surface area contributed by atoms with Gasteiger partial charge in [-0.05, 0) is 32.0 Å². The van der Waals surface area contributed by atoms with E-state index < -0.39 is 0 Å². The van der Waals surface area contributed by atoms with E-state index in [1.165, 1.54) is 11.4 Å². The molecule has 4 heteroatoms. The largest absolute Gasteiger partial charge is 0.300 e. The second-order valence-electron chi connectivity index (χ2n) is 5.36. The molecule has 0 amide bonds. The number of likely N-dealkylation sites (tertiary alicyclic amines) is 1. The molecule has 0 aromatic carbocycles. The molecular formula is C15H20N4. The van der Waals surface area contributed by atoms with E-state index in [0.29, 0.717) is 5.92 Å². The highest BCUT2D eigenvalue weighted by atomic mass is 15.3. The van der Waals surface area contributed by atoms with Crippen LogP contribution in [0.15, 0.2) is 30.5 Å². The average Bonchev–Trinajstić information content (AvgIpc) is 2.67. The molecule has 2 aromatic rings. The van der Waals surface area contributed by atoms with Gasteiger partial charge in [0.2, 0.25) is 0 Å². The van der Waals surface area contributed by atoms with Crippen LogP contribution in [-0.4, -0.2) is 39.3 Å². The summed E-state index contributed by atoms with van der Waals surface area (Å²) >= 11 is 0. The topological polar surface area (TPSA) is 34.0 Å². The summed E-state index contributed by atoms with van der Waals surface area (Å²) in [6.45, 7) is 8.46. The summed E-state index contributed by atoms with van der Waals surface area (Å²) in [6, 6.07) is 8.31. The van der Waals surface area contributed by atoms with E-state index in [4.69, 9.17) is 0 Å². The van der Waals surface area contributed by atoms with Crippen molar-refractivity contribution in [2.75, 3.05) is 19.6 Å². The van der Waals surface area contributed by atoms with Gasteiger partial charge in [0.05, 0.1) is 12.2 Å². The fourth-order valence-electron chi connectivity index (χ4n) is 2.69. The summed E-state index contributed by atoms with van der Waals surface area (Å²) < 4.78 is 2.10. The second kappa shape index (κ2) is 5.13.